The lowest BCUT2D eigenvalue weighted by atomic mass is 9.80. The molecule has 0 spiro atoms. The Morgan fingerprint density at radius 2 is 0.449 bits per heavy atom. The number of fused-ring (bicyclic) bond motifs is 8. The summed E-state index contributed by atoms with van der Waals surface area (Å²) in [5.74, 6) is 0. The second-order valence-corrected chi connectivity index (χ2v) is 21.5. The van der Waals surface area contributed by atoms with Crippen LogP contribution in [0.1, 0.15) is 11.1 Å². The molecule has 0 nitrogen and oxygen atoms in total. The van der Waals surface area contributed by atoms with E-state index in [1.165, 1.54) is 177 Å². The molecular weight excluding hydrogens is 937 g/mol. The molecule has 16 rings (SSSR count). The van der Waals surface area contributed by atoms with Gasteiger partial charge in [-0.05, 0) is 191 Å². The molecule has 0 saturated carbocycles. The Labute approximate surface area is 454 Å². The Morgan fingerprint density at radius 3 is 0.821 bits per heavy atom. The first-order valence-electron chi connectivity index (χ1n) is 27.3. The molecule has 14 aromatic rings. The summed E-state index contributed by atoms with van der Waals surface area (Å²) >= 11 is 0. The Morgan fingerprint density at radius 1 is 0.167 bits per heavy atom. The molecule has 2 aliphatic carbocycles. The Hall–Kier alpha value is -9.88. The number of rotatable bonds is 7. The van der Waals surface area contributed by atoms with Gasteiger partial charge in [-0.25, -0.2) is 0 Å². The van der Waals surface area contributed by atoms with Gasteiger partial charge in [0.2, 0.25) is 0 Å². The van der Waals surface area contributed by atoms with E-state index in [1.807, 2.05) is 0 Å². The lowest BCUT2D eigenvalue weighted by molar-refractivity contribution is 1.47. The van der Waals surface area contributed by atoms with Crippen molar-refractivity contribution in [2.45, 2.75) is 13.8 Å². The van der Waals surface area contributed by atoms with E-state index in [9.17, 15) is 0 Å². The van der Waals surface area contributed by atoms with Crippen LogP contribution in [0.5, 0.6) is 0 Å². The van der Waals surface area contributed by atoms with Crippen LogP contribution in [-0.2, 0) is 0 Å². The van der Waals surface area contributed by atoms with Crippen LogP contribution >= 0.6 is 0 Å². The quantitative estimate of drug-likeness (QED) is 0.149. The van der Waals surface area contributed by atoms with Crippen LogP contribution in [0.3, 0.4) is 0 Å². The molecule has 0 heteroatoms. The highest BCUT2D eigenvalue weighted by Crippen LogP contribution is 2.62. The normalized spacial score (nSPS) is 12.0. The van der Waals surface area contributed by atoms with Gasteiger partial charge >= 0.3 is 0 Å². The molecule has 0 unspecified atom stereocenters. The third-order valence-corrected chi connectivity index (χ3v) is 17.1. The van der Waals surface area contributed by atoms with Crippen molar-refractivity contribution >= 4 is 43.1 Å². The minimum Gasteiger partial charge on any atom is -0.0622 e. The van der Waals surface area contributed by atoms with Crippen molar-refractivity contribution in [3.8, 4) is 122 Å². The summed E-state index contributed by atoms with van der Waals surface area (Å²) in [6.07, 6.45) is 0. The smallest absolute Gasteiger partial charge is 0.000740 e. The molecule has 0 saturated heterocycles. The zero-order valence-corrected chi connectivity index (χ0v) is 43.4. The summed E-state index contributed by atoms with van der Waals surface area (Å²) in [6, 6.07) is 100. The molecule has 0 N–H and O–H groups in total. The topological polar surface area (TPSA) is 0 Å². The first-order valence-corrected chi connectivity index (χ1v) is 27.3. The monoisotopic (exact) mass is 986 g/mol. The maximum atomic E-state index is 2.51. The van der Waals surface area contributed by atoms with Gasteiger partial charge in [-0.15, -0.1) is 0 Å². The molecule has 0 aliphatic heterocycles. The second kappa shape index (κ2) is 17.3. The van der Waals surface area contributed by atoms with E-state index in [-0.39, 0.29) is 0 Å². The zero-order chi connectivity index (χ0) is 51.6. The molecular formula is C78H50. The minimum absolute atomic E-state index is 1.20. The highest BCUT2D eigenvalue weighted by molar-refractivity contribution is 6.32. The molecule has 78 heavy (non-hydrogen) atoms. The predicted molar refractivity (Wildman–Crippen MR) is 333 cm³/mol. The van der Waals surface area contributed by atoms with Crippen LogP contribution in [0, 0.1) is 13.8 Å². The van der Waals surface area contributed by atoms with E-state index in [2.05, 4.69) is 281 Å². The summed E-state index contributed by atoms with van der Waals surface area (Å²) in [4.78, 5) is 0. The molecule has 0 heterocycles. The van der Waals surface area contributed by atoms with Crippen molar-refractivity contribution < 1.29 is 0 Å². The van der Waals surface area contributed by atoms with E-state index in [4.69, 9.17) is 0 Å². The fraction of sp³-hybridized carbons (Fsp3) is 0.0256. The maximum absolute atomic E-state index is 2.51. The van der Waals surface area contributed by atoms with Crippen LogP contribution in [0.4, 0.5) is 0 Å². The molecule has 0 aromatic heterocycles. The first-order chi connectivity index (χ1) is 38.6. The van der Waals surface area contributed by atoms with Crippen LogP contribution in [0.25, 0.3) is 165 Å². The van der Waals surface area contributed by atoms with Crippen molar-refractivity contribution in [2.75, 3.05) is 0 Å². The SMILES string of the molecule is Cc1ccc(-c2c3c(c(-c4ccc(C)cc4)c4cc(-c5ccccc5)c(-c5ccccc5)cc24)-c2ccc(-c4ccc5c6c(cccc46)-c4c-5c(-c5ccccc5)c5ccccc5c4-c4ccccc4)c4cccc-3c24)cc1. The zero-order valence-electron chi connectivity index (χ0n) is 43.4. The van der Waals surface area contributed by atoms with E-state index in [0.29, 0.717) is 0 Å². The molecule has 362 valence electrons. The van der Waals surface area contributed by atoms with Crippen LogP contribution in [0.15, 0.2) is 267 Å². The number of aryl methyl sites for hydroxylation is 2. The van der Waals surface area contributed by atoms with E-state index in [0.717, 1.165) is 0 Å². The number of hydrogen-bond acceptors (Lipinski definition) is 0. The van der Waals surface area contributed by atoms with Gasteiger partial charge in [0, 0.05) is 0 Å². The lowest BCUT2D eigenvalue weighted by Crippen LogP contribution is -1.96. The Balaban J connectivity index is 0.997. The lowest BCUT2D eigenvalue weighted by Gasteiger charge is -2.23. The summed E-state index contributed by atoms with van der Waals surface area (Å²) in [5.41, 5.74) is 30.3. The standard InChI is InChI=1S/C78H50/c1-47-33-37-53(38-34-47)71-67-45-65(49-19-7-3-8-20-49)66(50-21-9-4-10-22-50)46-68(67)72(54-39-35-48(2)36-40-54)78-64-44-42-56(58-30-18-32-62(74(58)64)76(71)78)55-41-43-63-73-57(55)29-17-31-61(73)75-69(51-23-11-5-12-24-51)59-27-15-16-28-60(59)70(77(63)75)52-25-13-6-14-26-52/h3-46H,1-2H3. The van der Waals surface area contributed by atoms with E-state index < -0.39 is 0 Å². The van der Waals surface area contributed by atoms with Crippen LogP contribution in [0.2, 0.25) is 0 Å². The fourth-order valence-electron chi connectivity index (χ4n) is 13.7. The van der Waals surface area contributed by atoms with Crippen molar-refractivity contribution in [1.29, 1.82) is 0 Å². The maximum Gasteiger partial charge on any atom is -0.000740 e. The van der Waals surface area contributed by atoms with Crippen molar-refractivity contribution in [1.82, 2.24) is 0 Å². The third kappa shape index (κ3) is 6.54. The summed E-state index contributed by atoms with van der Waals surface area (Å²) in [5, 5.41) is 10.2. The first kappa shape index (κ1) is 44.4. The molecule has 0 atom stereocenters. The van der Waals surface area contributed by atoms with Crippen molar-refractivity contribution in [3.63, 3.8) is 0 Å². The van der Waals surface area contributed by atoms with Gasteiger partial charge in [0.15, 0.2) is 0 Å². The van der Waals surface area contributed by atoms with Crippen molar-refractivity contribution in [3.05, 3.63) is 278 Å². The molecule has 0 amide bonds. The van der Waals surface area contributed by atoms with E-state index in [1.54, 1.807) is 0 Å². The minimum atomic E-state index is 1.20. The highest BCUT2D eigenvalue weighted by Gasteiger charge is 2.34. The largest absolute Gasteiger partial charge is 0.0622 e. The van der Waals surface area contributed by atoms with Gasteiger partial charge in [-0.2, -0.15) is 0 Å². The summed E-state index contributed by atoms with van der Waals surface area (Å²) in [6.45, 7) is 4.38. The number of benzene rings is 14. The highest BCUT2D eigenvalue weighted by atomic mass is 14.4. The summed E-state index contributed by atoms with van der Waals surface area (Å²) in [7, 11) is 0. The average molecular weight is 987 g/mol. The summed E-state index contributed by atoms with van der Waals surface area (Å²) < 4.78 is 0. The van der Waals surface area contributed by atoms with Crippen molar-refractivity contribution in [2.24, 2.45) is 0 Å². The third-order valence-electron chi connectivity index (χ3n) is 17.1. The van der Waals surface area contributed by atoms with Crippen LogP contribution < -0.4 is 0 Å². The molecule has 0 bridgehead atoms. The molecule has 0 fully saturated rings. The van der Waals surface area contributed by atoms with Gasteiger partial charge < -0.3 is 0 Å². The Bertz CT molecular complexity index is 4540. The van der Waals surface area contributed by atoms with Gasteiger partial charge in [0.25, 0.3) is 0 Å². The van der Waals surface area contributed by atoms with Crippen LogP contribution in [-0.4, -0.2) is 0 Å². The molecule has 2 aliphatic rings. The van der Waals surface area contributed by atoms with Gasteiger partial charge in [0.1, 0.15) is 0 Å². The fourth-order valence-corrected chi connectivity index (χ4v) is 13.7. The predicted octanol–water partition coefficient (Wildman–Crippen LogP) is 21.9. The second-order valence-electron chi connectivity index (χ2n) is 21.5. The number of hydrogen-bond donors (Lipinski definition) is 0. The van der Waals surface area contributed by atoms with Gasteiger partial charge in [-0.1, -0.05) is 266 Å². The average Bonchev–Trinajstić information content (AvgIpc) is 3.87. The van der Waals surface area contributed by atoms with Gasteiger partial charge in [-0.3, -0.25) is 0 Å². The van der Waals surface area contributed by atoms with Gasteiger partial charge in [0.05, 0.1) is 0 Å². The van der Waals surface area contributed by atoms with E-state index >= 15 is 0 Å². The molecule has 14 aromatic carbocycles. The molecule has 0 radical (unpaired) electrons. The Kier molecular flexibility index (Phi) is 9.87.